The number of benzene rings is 1. The number of hydrogen-bond donors (Lipinski definition) is 5. The van der Waals surface area contributed by atoms with Crippen molar-refractivity contribution in [3.8, 4) is 5.75 Å². The number of anilines is 1. The number of esters is 1. The summed E-state index contributed by atoms with van der Waals surface area (Å²) in [6.45, 7) is 1.36. The highest BCUT2D eigenvalue weighted by Gasteiger charge is 2.60. The van der Waals surface area contributed by atoms with Gasteiger partial charge in [0.1, 0.15) is 35.0 Å². The van der Waals surface area contributed by atoms with Gasteiger partial charge in [-0.15, -0.1) is 0 Å². The number of carbonyl (C=O) groups excluding carboxylic acids is 3. The van der Waals surface area contributed by atoms with Gasteiger partial charge < -0.3 is 40.5 Å². The highest BCUT2D eigenvalue weighted by molar-refractivity contribution is 6.09. The fraction of sp³-hybridized carbons (Fsp3) is 0.536. The van der Waals surface area contributed by atoms with Crippen molar-refractivity contribution >= 4 is 29.1 Å². The van der Waals surface area contributed by atoms with E-state index in [1.54, 1.807) is 38.0 Å². The number of nitrogens with two attached hydrogens (primary N) is 1. The van der Waals surface area contributed by atoms with Crippen molar-refractivity contribution in [2.24, 2.45) is 23.5 Å². The number of amides is 1. The van der Waals surface area contributed by atoms with Crippen molar-refractivity contribution in [1.82, 2.24) is 4.90 Å². The van der Waals surface area contributed by atoms with Crippen LogP contribution < -0.4 is 10.6 Å². The molecule has 1 saturated carbocycles. The molecule has 0 saturated heterocycles. The van der Waals surface area contributed by atoms with Gasteiger partial charge in [-0.2, -0.15) is 0 Å². The number of ether oxygens (including phenoxy) is 2. The van der Waals surface area contributed by atoms with E-state index in [-0.39, 0.29) is 48.5 Å². The van der Waals surface area contributed by atoms with E-state index in [1.165, 1.54) is 20.1 Å². The molecule has 0 spiro atoms. The number of aliphatic hydroxyl groups is 3. The number of nitrogens with zero attached hydrogens (tertiary/aromatic N) is 2. The first kappa shape index (κ1) is 29.4. The zero-order chi connectivity index (χ0) is 29.8. The highest BCUT2D eigenvalue weighted by atomic mass is 16.6. The summed E-state index contributed by atoms with van der Waals surface area (Å²) >= 11 is 0. The second-order valence-electron chi connectivity index (χ2n) is 11.3. The number of phenols is 1. The molecule has 0 aromatic heterocycles. The van der Waals surface area contributed by atoms with E-state index in [0.717, 1.165) is 0 Å². The number of aromatic hydroxyl groups is 1. The lowest BCUT2D eigenvalue weighted by molar-refractivity contribution is -0.139. The average molecular weight is 560 g/mol. The van der Waals surface area contributed by atoms with Gasteiger partial charge in [-0.1, -0.05) is 0 Å². The molecule has 0 aliphatic heterocycles. The largest absolute Gasteiger partial charge is 0.510 e. The van der Waals surface area contributed by atoms with Gasteiger partial charge >= 0.3 is 5.97 Å². The van der Waals surface area contributed by atoms with Crippen LogP contribution in [0, 0.1) is 17.8 Å². The van der Waals surface area contributed by atoms with Crippen LogP contribution in [0.2, 0.25) is 0 Å². The van der Waals surface area contributed by atoms with Gasteiger partial charge in [-0.25, -0.2) is 4.79 Å². The number of methoxy groups -OCH3 is 1. The van der Waals surface area contributed by atoms with Crippen LogP contribution in [0.15, 0.2) is 23.0 Å². The summed E-state index contributed by atoms with van der Waals surface area (Å²) in [5.41, 5.74) is 3.80. The summed E-state index contributed by atoms with van der Waals surface area (Å²) in [5.74, 6) is -6.28. The first-order chi connectivity index (χ1) is 18.7. The number of Topliss-reactive ketones (excluding diaryl/α,β-unsaturated/α-hetero) is 1. The number of allylic oxidation sites excluding steroid dienone is 1. The van der Waals surface area contributed by atoms with E-state index in [0.29, 0.717) is 11.3 Å². The average Bonchev–Trinajstić information content (AvgIpc) is 2.82. The summed E-state index contributed by atoms with van der Waals surface area (Å²) in [6.07, 6.45) is 0.512. The highest BCUT2D eigenvalue weighted by Crippen LogP contribution is 2.55. The number of hydrogen-bond acceptors (Lipinski definition) is 11. The van der Waals surface area contributed by atoms with Gasteiger partial charge in [0, 0.05) is 32.5 Å². The molecule has 1 amide bonds. The Balaban J connectivity index is 1.91. The Morgan fingerprint density at radius 3 is 2.35 bits per heavy atom. The Hall–Kier alpha value is -3.61. The van der Waals surface area contributed by atoms with Crippen LogP contribution in [0.3, 0.4) is 0 Å². The molecular weight excluding hydrogens is 522 g/mol. The number of carbonyl (C=O) groups is 3. The quantitative estimate of drug-likeness (QED) is 0.236. The molecule has 0 heterocycles. The van der Waals surface area contributed by atoms with E-state index in [9.17, 15) is 34.8 Å². The fourth-order valence-corrected chi connectivity index (χ4v) is 6.78. The standard InChI is InChI=1S/C28H37N3O9/c1-28(38)19-14(21(31(4)5)25(35)20(28)26(29)36)10-12-9-13-16(30(2)3)11-15(27(37)40-8-7-39-6)22(32)18(13)23(33)17(12)24(19)34/h11-12,14,19,21,32-33,35,38H,7-10H2,1-6H3,(H2,29,36)/t12?,14?,19?,21-,28+/m0/s1. The van der Waals surface area contributed by atoms with Crippen LogP contribution in [0.1, 0.15) is 34.8 Å². The molecule has 12 heteroatoms. The minimum atomic E-state index is -2.12. The topological polar surface area (TPSA) is 183 Å². The lowest BCUT2D eigenvalue weighted by Crippen LogP contribution is -2.61. The Kier molecular flexibility index (Phi) is 7.65. The molecule has 6 N–H and O–H groups in total. The predicted octanol–water partition coefficient (Wildman–Crippen LogP) is 0.900. The molecule has 0 bridgehead atoms. The van der Waals surface area contributed by atoms with Gasteiger partial charge in [0.2, 0.25) is 0 Å². The third kappa shape index (κ3) is 4.40. The van der Waals surface area contributed by atoms with Crippen LogP contribution in [0.25, 0.3) is 5.76 Å². The summed E-state index contributed by atoms with van der Waals surface area (Å²) in [5, 5.41) is 45.3. The van der Waals surface area contributed by atoms with Crippen molar-refractivity contribution in [3.63, 3.8) is 0 Å². The Morgan fingerprint density at radius 1 is 1.15 bits per heavy atom. The van der Waals surface area contributed by atoms with Crippen molar-refractivity contribution in [3.05, 3.63) is 39.7 Å². The molecule has 0 radical (unpaired) electrons. The van der Waals surface area contributed by atoms with Gasteiger partial charge in [0.05, 0.1) is 29.7 Å². The lowest BCUT2D eigenvalue weighted by Gasteiger charge is -2.52. The molecule has 1 aromatic carbocycles. The third-order valence-corrected chi connectivity index (χ3v) is 8.35. The normalized spacial score (nSPS) is 27.8. The second-order valence-corrected chi connectivity index (χ2v) is 11.3. The fourth-order valence-electron chi connectivity index (χ4n) is 6.78. The van der Waals surface area contributed by atoms with Gasteiger partial charge in [0.25, 0.3) is 5.91 Å². The maximum Gasteiger partial charge on any atom is 0.342 e. The minimum Gasteiger partial charge on any atom is -0.510 e. The molecule has 3 aliphatic carbocycles. The molecule has 4 rings (SSSR count). The van der Waals surface area contributed by atoms with Gasteiger partial charge in [0.15, 0.2) is 5.78 Å². The first-order valence-corrected chi connectivity index (χ1v) is 13.0. The number of likely N-dealkylation sites (N-methyl/N-ethyl adjacent to an activating group) is 1. The van der Waals surface area contributed by atoms with E-state index >= 15 is 0 Å². The third-order valence-electron chi connectivity index (χ3n) is 8.35. The zero-order valence-electron chi connectivity index (χ0n) is 23.5. The number of fused-ring (bicyclic) bond motifs is 3. The lowest BCUT2D eigenvalue weighted by atomic mass is 9.55. The molecular formula is C28H37N3O9. The Morgan fingerprint density at radius 2 is 1.80 bits per heavy atom. The number of ketones is 1. The van der Waals surface area contributed by atoms with Gasteiger partial charge in [-0.3, -0.25) is 14.5 Å². The maximum absolute atomic E-state index is 14.1. The molecule has 3 unspecified atom stereocenters. The Bertz CT molecular complexity index is 1330. The summed E-state index contributed by atoms with van der Waals surface area (Å²) in [7, 11) is 8.33. The molecule has 218 valence electrons. The predicted molar refractivity (Wildman–Crippen MR) is 145 cm³/mol. The Labute approximate surface area is 232 Å². The second kappa shape index (κ2) is 10.4. The summed E-state index contributed by atoms with van der Waals surface area (Å²) in [4.78, 5) is 42.7. The first-order valence-electron chi connectivity index (χ1n) is 13.0. The molecule has 1 fully saturated rings. The van der Waals surface area contributed by atoms with Crippen LogP contribution in [0.5, 0.6) is 5.75 Å². The smallest absolute Gasteiger partial charge is 0.342 e. The van der Waals surface area contributed by atoms with Crippen LogP contribution >= 0.6 is 0 Å². The molecule has 5 atom stereocenters. The molecule has 1 aromatic rings. The van der Waals surface area contributed by atoms with E-state index in [1.807, 2.05) is 0 Å². The summed E-state index contributed by atoms with van der Waals surface area (Å²) in [6, 6.07) is 0.698. The molecule has 12 nitrogen and oxygen atoms in total. The van der Waals surface area contributed by atoms with E-state index < -0.39 is 64.1 Å². The van der Waals surface area contributed by atoms with Crippen molar-refractivity contribution in [2.75, 3.05) is 53.4 Å². The van der Waals surface area contributed by atoms with Crippen molar-refractivity contribution in [2.45, 2.75) is 31.4 Å². The van der Waals surface area contributed by atoms with Crippen molar-refractivity contribution < 1.29 is 44.3 Å². The van der Waals surface area contributed by atoms with Gasteiger partial charge in [-0.05, 0) is 57.3 Å². The number of rotatable bonds is 7. The number of phenolic OH excluding ortho intramolecular Hbond substituents is 1. The van der Waals surface area contributed by atoms with E-state index in [4.69, 9.17) is 15.2 Å². The van der Waals surface area contributed by atoms with Crippen LogP contribution in [-0.2, 0) is 25.5 Å². The monoisotopic (exact) mass is 559 g/mol. The zero-order valence-corrected chi connectivity index (χ0v) is 23.5. The number of aliphatic hydroxyl groups excluding tert-OH is 2. The maximum atomic E-state index is 14.1. The molecule has 40 heavy (non-hydrogen) atoms. The van der Waals surface area contributed by atoms with Crippen LogP contribution in [0.4, 0.5) is 5.69 Å². The minimum absolute atomic E-state index is 0.0124. The van der Waals surface area contributed by atoms with E-state index in [2.05, 4.69) is 0 Å². The SMILES string of the molecule is COCCOC(=O)c1cc(N(C)C)c2c(c1O)C(O)=C1C(=O)C3C(CC1C2)[C@H](N(C)C)C(O)=C(C(N)=O)[C@]3(C)O. The summed E-state index contributed by atoms with van der Waals surface area (Å²) < 4.78 is 10.1. The van der Waals surface area contributed by atoms with Crippen LogP contribution in [-0.4, -0.2) is 103 Å². The van der Waals surface area contributed by atoms with Crippen molar-refractivity contribution in [1.29, 1.82) is 0 Å². The molecule has 3 aliphatic rings. The number of primary amides is 1.